The third-order valence-electron chi connectivity index (χ3n) is 2.83. The number of carbonyl (C=O) groups is 1. The van der Waals surface area contributed by atoms with Gasteiger partial charge in [0, 0.05) is 16.5 Å². The first-order valence-electron chi connectivity index (χ1n) is 5.93. The molecule has 2 rings (SSSR count). The molecule has 5 heteroatoms. The Balaban J connectivity index is 2.15. The molecular weight excluding hydrogens is 271 g/mol. The summed E-state index contributed by atoms with van der Waals surface area (Å²) in [6.45, 7) is 1.97. The Labute approximate surface area is 116 Å². The summed E-state index contributed by atoms with van der Waals surface area (Å²) in [7, 11) is 0. The van der Waals surface area contributed by atoms with E-state index in [2.05, 4.69) is 10.5 Å². The Morgan fingerprint density at radius 2 is 2.17 bits per heavy atom. The number of hydrogen-bond donors (Lipinski definition) is 1. The number of hydrazone groups is 1. The van der Waals surface area contributed by atoms with E-state index in [-0.39, 0.29) is 11.8 Å². The molecule has 3 nitrogen and oxygen atoms in total. The highest BCUT2D eigenvalue weighted by Gasteiger charge is 2.29. The Kier molecular flexibility index (Phi) is 4.25. The van der Waals surface area contributed by atoms with E-state index < -0.39 is 0 Å². The van der Waals surface area contributed by atoms with Crippen LogP contribution in [0.4, 0.5) is 0 Å². The van der Waals surface area contributed by atoms with Crippen molar-refractivity contribution in [1.82, 2.24) is 5.43 Å². The lowest BCUT2D eigenvalue weighted by Crippen LogP contribution is -2.21. The van der Waals surface area contributed by atoms with Crippen molar-refractivity contribution in [3.63, 3.8) is 0 Å². The van der Waals surface area contributed by atoms with Crippen molar-refractivity contribution in [2.45, 2.75) is 26.2 Å². The highest BCUT2D eigenvalue weighted by molar-refractivity contribution is 6.37. The number of carbonyl (C=O) groups excluding carboxylic acids is 1. The predicted octanol–water partition coefficient (Wildman–Crippen LogP) is 3.63. The molecule has 1 amide bonds. The number of amides is 1. The van der Waals surface area contributed by atoms with Crippen molar-refractivity contribution in [3.05, 3.63) is 33.8 Å². The third-order valence-corrected chi connectivity index (χ3v) is 3.37. The van der Waals surface area contributed by atoms with Gasteiger partial charge in [-0.05, 0) is 31.4 Å². The van der Waals surface area contributed by atoms with E-state index in [0.29, 0.717) is 16.5 Å². The smallest absolute Gasteiger partial charge is 0.243 e. The molecule has 0 atom stereocenters. The van der Waals surface area contributed by atoms with Gasteiger partial charge in [-0.1, -0.05) is 36.2 Å². The average molecular weight is 285 g/mol. The summed E-state index contributed by atoms with van der Waals surface area (Å²) in [4.78, 5) is 11.5. The van der Waals surface area contributed by atoms with Crippen molar-refractivity contribution in [3.8, 4) is 0 Å². The second-order valence-electron chi connectivity index (χ2n) is 4.29. The molecule has 1 saturated carbocycles. The van der Waals surface area contributed by atoms with Crippen molar-refractivity contribution in [1.29, 1.82) is 0 Å². The van der Waals surface area contributed by atoms with E-state index in [4.69, 9.17) is 23.2 Å². The van der Waals surface area contributed by atoms with Crippen LogP contribution in [0.5, 0.6) is 0 Å². The molecule has 0 heterocycles. The Morgan fingerprint density at radius 3 is 2.72 bits per heavy atom. The first kappa shape index (κ1) is 13.4. The lowest BCUT2D eigenvalue weighted by atomic mass is 10.1. The zero-order valence-corrected chi connectivity index (χ0v) is 11.6. The maximum atomic E-state index is 11.5. The maximum Gasteiger partial charge on any atom is 0.243 e. The zero-order chi connectivity index (χ0) is 13.1. The molecule has 0 unspecified atom stereocenters. The van der Waals surface area contributed by atoms with Crippen LogP contribution >= 0.6 is 23.2 Å². The molecule has 0 aromatic heterocycles. The Hall–Kier alpha value is -1.06. The molecule has 1 aliphatic carbocycles. The molecule has 1 aromatic carbocycles. The van der Waals surface area contributed by atoms with Crippen LogP contribution in [0.25, 0.3) is 0 Å². The minimum absolute atomic E-state index is 0.00830. The van der Waals surface area contributed by atoms with Gasteiger partial charge in [-0.3, -0.25) is 4.79 Å². The molecule has 1 N–H and O–H groups in total. The fraction of sp³-hybridized carbons (Fsp3) is 0.385. The van der Waals surface area contributed by atoms with Crippen molar-refractivity contribution >= 4 is 34.8 Å². The number of nitrogens with one attached hydrogen (secondary N) is 1. The van der Waals surface area contributed by atoms with Gasteiger partial charge in [0.15, 0.2) is 0 Å². The minimum Gasteiger partial charge on any atom is -0.273 e. The Morgan fingerprint density at radius 1 is 1.44 bits per heavy atom. The third kappa shape index (κ3) is 3.24. The largest absolute Gasteiger partial charge is 0.273 e. The standard InChI is InChI=1S/C13H14Cl2N2O/c1-2-12(16-17-13(18)8-3-4-8)10-6-5-9(14)7-11(10)15/h5-8H,2-4H2,1H3,(H,17,18)/b16-12+. The minimum atomic E-state index is -0.00830. The van der Waals surface area contributed by atoms with Crippen LogP contribution < -0.4 is 5.43 Å². The molecule has 1 aromatic rings. The Bertz CT molecular complexity index is 496. The fourth-order valence-corrected chi connectivity index (χ4v) is 2.13. The summed E-state index contributed by atoms with van der Waals surface area (Å²) in [6.07, 6.45) is 2.61. The molecule has 0 radical (unpaired) electrons. The number of hydrogen-bond acceptors (Lipinski definition) is 2. The van der Waals surface area contributed by atoms with Gasteiger partial charge < -0.3 is 0 Å². The summed E-state index contributed by atoms with van der Waals surface area (Å²) >= 11 is 12.0. The van der Waals surface area contributed by atoms with Crippen LogP contribution in [-0.2, 0) is 4.79 Å². The fourth-order valence-electron chi connectivity index (χ4n) is 1.61. The van der Waals surface area contributed by atoms with Crippen LogP contribution in [0.15, 0.2) is 23.3 Å². The number of halogens is 2. The van der Waals surface area contributed by atoms with Gasteiger partial charge in [-0.25, -0.2) is 5.43 Å². The summed E-state index contributed by atoms with van der Waals surface area (Å²) < 4.78 is 0. The van der Waals surface area contributed by atoms with Gasteiger partial charge >= 0.3 is 0 Å². The number of rotatable bonds is 4. The lowest BCUT2D eigenvalue weighted by Gasteiger charge is -2.07. The summed E-state index contributed by atoms with van der Waals surface area (Å²) in [6, 6.07) is 5.25. The highest BCUT2D eigenvalue weighted by Crippen LogP contribution is 2.28. The molecule has 0 spiro atoms. The molecular formula is C13H14Cl2N2O. The van der Waals surface area contributed by atoms with Gasteiger partial charge in [0.25, 0.3) is 0 Å². The van der Waals surface area contributed by atoms with Crippen LogP contribution in [0.2, 0.25) is 10.0 Å². The zero-order valence-electron chi connectivity index (χ0n) is 10.0. The van der Waals surface area contributed by atoms with Crippen LogP contribution in [0.1, 0.15) is 31.7 Å². The van der Waals surface area contributed by atoms with Crippen LogP contribution in [-0.4, -0.2) is 11.6 Å². The van der Waals surface area contributed by atoms with Crippen molar-refractivity contribution in [2.24, 2.45) is 11.0 Å². The van der Waals surface area contributed by atoms with E-state index in [1.807, 2.05) is 13.0 Å². The van der Waals surface area contributed by atoms with Gasteiger partial charge in [-0.2, -0.15) is 5.10 Å². The molecule has 1 aliphatic rings. The molecule has 0 bridgehead atoms. The topological polar surface area (TPSA) is 41.5 Å². The second-order valence-corrected chi connectivity index (χ2v) is 5.13. The van der Waals surface area contributed by atoms with E-state index in [1.165, 1.54) is 0 Å². The van der Waals surface area contributed by atoms with Gasteiger partial charge in [0.1, 0.15) is 0 Å². The lowest BCUT2D eigenvalue weighted by molar-refractivity contribution is -0.122. The maximum absolute atomic E-state index is 11.5. The molecule has 0 aliphatic heterocycles. The monoisotopic (exact) mass is 284 g/mol. The number of benzene rings is 1. The molecule has 18 heavy (non-hydrogen) atoms. The van der Waals surface area contributed by atoms with E-state index in [9.17, 15) is 4.79 Å². The van der Waals surface area contributed by atoms with E-state index in [1.54, 1.807) is 12.1 Å². The first-order chi connectivity index (χ1) is 8.61. The van der Waals surface area contributed by atoms with Crippen molar-refractivity contribution in [2.75, 3.05) is 0 Å². The summed E-state index contributed by atoms with van der Waals surface area (Å²) in [5.74, 6) is 0.138. The second kappa shape index (κ2) is 5.72. The highest BCUT2D eigenvalue weighted by atomic mass is 35.5. The first-order valence-corrected chi connectivity index (χ1v) is 6.69. The molecule has 96 valence electrons. The summed E-state index contributed by atoms with van der Waals surface area (Å²) in [5, 5.41) is 5.28. The quantitative estimate of drug-likeness (QED) is 0.666. The van der Waals surface area contributed by atoms with Gasteiger partial charge in [0.05, 0.1) is 10.7 Å². The van der Waals surface area contributed by atoms with E-state index >= 15 is 0 Å². The number of nitrogens with zero attached hydrogens (tertiary/aromatic N) is 1. The van der Waals surface area contributed by atoms with Gasteiger partial charge in [0.2, 0.25) is 5.91 Å². The molecule has 1 fully saturated rings. The predicted molar refractivity (Wildman–Crippen MR) is 74.2 cm³/mol. The van der Waals surface area contributed by atoms with E-state index in [0.717, 1.165) is 24.1 Å². The normalized spacial score (nSPS) is 15.6. The SMILES string of the molecule is CC/C(=N\NC(=O)C1CC1)c1ccc(Cl)cc1Cl. The van der Waals surface area contributed by atoms with Crippen LogP contribution in [0.3, 0.4) is 0 Å². The van der Waals surface area contributed by atoms with Crippen molar-refractivity contribution < 1.29 is 4.79 Å². The molecule has 0 saturated heterocycles. The average Bonchev–Trinajstić information content (AvgIpc) is 3.15. The summed E-state index contributed by atoms with van der Waals surface area (Å²) in [5.41, 5.74) is 4.15. The van der Waals surface area contributed by atoms with Crippen LogP contribution in [0, 0.1) is 5.92 Å². The van der Waals surface area contributed by atoms with Gasteiger partial charge in [-0.15, -0.1) is 0 Å².